The van der Waals surface area contributed by atoms with Crippen LogP contribution in [0, 0.1) is 5.82 Å². The number of rotatable bonds is 4. The van der Waals surface area contributed by atoms with E-state index < -0.39 is 57.9 Å². The van der Waals surface area contributed by atoms with Gasteiger partial charge in [-0.2, -0.15) is 13.2 Å². The number of benzene rings is 2. The summed E-state index contributed by atoms with van der Waals surface area (Å²) in [5.41, 5.74) is 0.781. The van der Waals surface area contributed by atoms with Gasteiger partial charge in [-0.3, -0.25) is 18.7 Å². The van der Waals surface area contributed by atoms with Gasteiger partial charge in [0.15, 0.2) is 0 Å². The molecule has 0 atom stereocenters. The monoisotopic (exact) mass is 488 g/mol. The van der Waals surface area contributed by atoms with Gasteiger partial charge in [0.2, 0.25) is 0 Å². The predicted octanol–water partition coefficient (Wildman–Crippen LogP) is 2.77. The van der Waals surface area contributed by atoms with Crippen molar-refractivity contribution in [3.63, 3.8) is 0 Å². The highest BCUT2D eigenvalue weighted by Crippen LogP contribution is 2.33. The number of aromatic nitrogens is 3. The van der Waals surface area contributed by atoms with Gasteiger partial charge < -0.3 is 10.8 Å². The van der Waals surface area contributed by atoms with Crippen molar-refractivity contribution in [2.75, 3.05) is 0 Å². The van der Waals surface area contributed by atoms with Crippen LogP contribution in [0.5, 0.6) is 5.75 Å². The second-order valence-corrected chi connectivity index (χ2v) is 7.66. The summed E-state index contributed by atoms with van der Waals surface area (Å²) in [6.07, 6.45) is -3.80. The standard InChI is InChI=1S/C23H16F4N4O4/c1-30-19-16(24)7-6-13(14-8-12(32)9-29-18(14)20(28)33)17(19)21(34)31(22(30)35)10-11-4-2-3-5-15(11)23(25,26)27/h2-9,32H,10H2,1H3,(H2,28,33). The minimum Gasteiger partial charge on any atom is -0.506 e. The minimum absolute atomic E-state index is 0.0999. The summed E-state index contributed by atoms with van der Waals surface area (Å²) in [4.78, 5) is 42.1. The number of nitrogens with zero attached hydrogens (tertiary/aromatic N) is 3. The number of carbonyl (C=O) groups excluding carboxylic acids is 1. The first-order valence-corrected chi connectivity index (χ1v) is 9.98. The van der Waals surface area contributed by atoms with E-state index in [4.69, 9.17) is 5.73 Å². The number of aromatic hydroxyl groups is 1. The molecule has 2 aromatic carbocycles. The Kier molecular flexibility index (Phi) is 5.67. The first-order chi connectivity index (χ1) is 16.4. The molecular formula is C23H16F4N4O4. The molecular weight excluding hydrogens is 472 g/mol. The van der Waals surface area contributed by atoms with Crippen molar-refractivity contribution < 1.29 is 27.5 Å². The van der Waals surface area contributed by atoms with Crippen molar-refractivity contribution in [2.24, 2.45) is 12.8 Å². The number of carbonyl (C=O) groups is 1. The average Bonchev–Trinajstić information content (AvgIpc) is 2.79. The van der Waals surface area contributed by atoms with Gasteiger partial charge in [-0.05, 0) is 29.3 Å². The Balaban J connectivity index is 2.09. The van der Waals surface area contributed by atoms with Crippen molar-refractivity contribution in [3.05, 3.63) is 92.1 Å². The maximum Gasteiger partial charge on any atom is 0.416 e. The zero-order valence-corrected chi connectivity index (χ0v) is 17.9. The van der Waals surface area contributed by atoms with Gasteiger partial charge in [-0.15, -0.1) is 0 Å². The van der Waals surface area contributed by atoms with Crippen LogP contribution in [0.2, 0.25) is 0 Å². The van der Waals surface area contributed by atoms with Gasteiger partial charge in [-0.1, -0.05) is 24.3 Å². The first kappa shape index (κ1) is 23.7. The molecule has 0 spiro atoms. The summed E-state index contributed by atoms with van der Waals surface area (Å²) >= 11 is 0. The molecule has 4 aromatic rings. The Bertz CT molecular complexity index is 1620. The van der Waals surface area contributed by atoms with E-state index in [1.165, 1.54) is 12.1 Å². The Morgan fingerprint density at radius 3 is 2.46 bits per heavy atom. The minimum atomic E-state index is -4.75. The molecule has 0 bridgehead atoms. The van der Waals surface area contributed by atoms with Crippen LogP contribution in [0.15, 0.2) is 58.3 Å². The maximum atomic E-state index is 14.8. The average molecular weight is 488 g/mol. The molecule has 2 aromatic heterocycles. The number of hydrogen-bond acceptors (Lipinski definition) is 5. The summed E-state index contributed by atoms with van der Waals surface area (Å²) in [6, 6.07) is 7.57. The van der Waals surface area contributed by atoms with E-state index in [9.17, 15) is 37.1 Å². The van der Waals surface area contributed by atoms with E-state index in [2.05, 4.69) is 4.98 Å². The van der Waals surface area contributed by atoms with Crippen LogP contribution < -0.4 is 17.0 Å². The van der Waals surface area contributed by atoms with Gasteiger partial charge in [-0.25, -0.2) is 14.2 Å². The molecule has 0 saturated carbocycles. The fraction of sp³-hybridized carbons (Fsp3) is 0.130. The summed E-state index contributed by atoms with van der Waals surface area (Å²) < 4.78 is 56.6. The molecule has 0 aliphatic carbocycles. The van der Waals surface area contributed by atoms with Crippen molar-refractivity contribution >= 4 is 16.8 Å². The van der Waals surface area contributed by atoms with Crippen LogP contribution in [0.25, 0.3) is 22.0 Å². The van der Waals surface area contributed by atoms with E-state index >= 15 is 0 Å². The van der Waals surface area contributed by atoms with Crippen molar-refractivity contribution in [3.8, 4) is 16.9 Å². The molecule has 35 heavy (non-hydrogen) atoms. The number of aryl methyl sites for hydroxylation is 1. The second kappa shape index (κ2) is 8.38. The largest absolute Gasteiger partial charge is 0.506 e. The fourth-order valence-corrected chi connectivity index (χ4v) is 3.93. The highest BCUT2D eigenvalue weighted by Gasteiger charge is 2.33. The van der Waals surface area contributed by atoms with E-state index in [0.29, 0.717) is 4.57 Å². The molecule has 1 amide bonds. The number of alkyl halides is 3. The highest BCUT2D eigenvalue weighted by molar-refractivity contribution is 6.03. The van der Waals surface area contributed by atoms with E-state index in [1.54, 1.807) is 0 Å². The van der Waals surface area contributed by atoms with Crippen LogP contribution in [-0.2, 0) is 19.8 Å². The lowest BCUT2D eigenvalue weighted by atomic mass is 9.98. The second-order valence-electron chi connectivity index (χ2n) is 7.66. The highest BCUT2D eigenvalue weighted by atomic mass is 19.4. The lowest BCUT2D eigenvalue weighted by Gasteiger charge is -2.17. The van der Waals surface area contributed by atoms with E-state index in [0.717, 1.165) is 48.1 Å². The van der Waals surface area contributed by atoms with Crippen LogP contribution in [0.4, 0.5) is 17.6 Å². The van der Waals surface area contributed by atoms with Crippen molar-refractivity contribution in [2.45, 2.75) is 12.7 Å². The molecule has 0 unspecified atom stereocenters. The predicted molar refractivity (Wildman–Crippen MR) is 117 cm³/mol. The number of halogens is 4. The van der Waals surface area contributed by atoms with Crippen LogP contribution >= 0.6 is 0 Å². The molecule has 0 saturated heterocycles. The van der Waals surface area contributed by atoms with Crippen LogP contribution in [-0.4, -0.2) is 25.1 Å². The third kappa shape index (κ3) is 4.03. The van der Waals surface area contributed by atoms with Crippen molar-refractivity contribution in [1.29, 1.82) is 0 Å². The van der Waals surface area contributed by atoms with Crippen LogP contribution in [0.1, 0.15) is 21.6 Å². The molecule has 0 radical (unpaired) electrons. The van der Waals surface area contributed by atoms with Gasteiger partial charge in [0, 0.05) is 12.6 Å². The molecule has 180 valence electrons. The molecule has 0 aliphatic heterocycles. The Morgan fingerprint density at radius 2 is 1.80 bits per heavy atom. The number of primary amides is 1. The van der Waals surface area contributed by atoms with Crippen molar-refractivity contribution in [1.82, 2.24) is 14.1 Å². The quantitative estimate of drug-likeness (QED) is 0.428. The summed E-state index contributed by atoms with van der Waals surface area (Å²) in [7, 11) is 1.15. The topological polar surface area (TPSA) is 120 Å². The first-order valence-electron chi connectivity index (χ1n) is 9.98. The molecule has 2 heterocycles. The fourth-order valence-electron chi connectivity index (χ4n) is 3.93. The SMILES string of the molecule is Cn1c(=O)n(Cc2ccccc2C(F)(F)F)c(=O)c2c(-c3cc(O)cnc3C(N)=O)ccc(F)c21. The Morgan fingerprint density at radius 1 is 1.11 bits per heavy atom. The smallest absolute Gasteiger partial charge is 0.416 e. The van der Waals surface area contributed by atoms with E-state index in [-0.39, 0.29) is 22.4 Å². The Labute approximate surface area is 193 Å². The normalized spacial score (nSPS) is 11.7. The number of amides is 1. The molecule has 0 aliphatic rings. The summed E-state index contributed by atoms with van der Waals surface area (Å²) in [6.45, 7) is -0.756. The lowest BCUT2D eigenvalue weighted by molar-refractivity contribution is -0.138. The summed E-state index contributed by atoms with van der Waals surface area (Å²) in [5, 5.41) is 9.49. The maximum absolute atomic E-state index is 14.8. The van der Waals surface area contributed by atoms with E-state index in [1.807, 2.05) is 0 Å². The zero-order valence-electron chi connectivity index (χ0n) is 17.9. The van der Waals surface area contributed by atoms with Gasteiger partial charge >= 0.3 is 11.9 Å². The molecule has 0 fully saturated rings. The van der Waals surface area contributed by atoms with Gasteiger partial charge in [0.1, 0.15) is 17.3 Å². The van der Waals surface area contributed by atoms with Crippen LogP contribution in [0.3, 0.4) is 0 Å². The number of pyridine rings is 1. The molecule has 12 heteroatoms. The number of hydrogen-bond donors (Lipinski definition) is 2. The molecule has 3 N–H and O–H groups in total. The third-order valence-corrected chi connectivity index (χ3v) is 5.49. The third-order valence-electron chi connectivity index (χ3n) is 5.49. The van der Waals surface area contributed by atoms with Gasteiger partial charge in [0.05, 0.1) is 29.2 Å². The number of nitrogens with two attached hydrogens (primary N) is 1. The lowest BCUT2D eigenvalue weighted by Crippen LogP contribution is -2.40. The molecule has 4 rings (SSSR count). The zero-order chi connectivity index (χ0) is 25.7. The van der Waals surface area contributed by atoms with Gasteiger partial charge in [0.25, 0.3) is 11.5 Å². The number of fused-ring (bicyclic) bond motifs is 1. The molecule has 8 nitrogen and oxygen atoms in total. The summed E-state index contributed by atoms with van der Waals surface area (Å²) in [5.74, 6) is -2.37. The Hall–Kier alpha value is -4.48.